The molecule has 0 amide bonds. The second-order valence-electron chi connectivity index (χ2n) is 4.00. The molecule has 0 saturated carbocycles. The van der Waals surface area contributed by atoms with Crippen molar-refractivity contribution in [2.24, 2.45) is 0 Å². The molecule has 0 atom stereocenters. The number of hydrogen-bond acceptors (Lipinski definition) is 4. The Hall–Kier alpha value is -2.14. The van der Waals surface area contributed by atoms with Gasteiger partial charge in [0.1, 0.15) is 11.5 Å². The third-order valence-corrected chi connectivity index (χ3v) is 2.80. The van der Waals surface area contributed by atoms with Crippen molar-refractivity contribution in [1.82, 2.24) is 0 Å². The van der Waals surface area contributed by atoms with Crippen LogP contribution in [0.2, 0.25) is 5.02 Å². The topological polar surface area (TPSA) is 71.7 Å². The minimum Gasteiger partial charge on any atom is -0.492 e. The van der Waals surface area contributed by atoms with E-state index in [-0.39, 0.29) is 5.76 Å². The summed E-state index contributed by atoms with van der Waals surface area (Å²) in [6.07, 6.45) is 0. The summed E-state index contributed by atoms with van der Waals surface area (Å²) in [5.74, 6) is 0.0266. The molecular weight excluding hydrogens is 282 g/mol. The van der Waals surface area contributed by atoms with Gasteiger partial charge in [-0.15, -0.1) is 0 Å². The first-order chi connectivity index (χ1) is 9.60. The van der Waals surface area contributed by atoms with Crippen molar-refractivity contribution < 1.29 is 19.1 Å². The van der Waals surface area contributed by atoms with Crippen LogP contribution < -0.4 is 10.1 Å². The van der Waals surface area contributed by atoms with E-state index in [4.69, 9.17) is 25.9 Å². The summed E-state index contributed by atoms with van der Waals surface area (Å²) in [5, 5.41) is 12.5. The fourth-order valence-electron chi connectivity index (χ4n) is 1.69. The van der Waals surface area contributed by atoms with Crippen LogP contribution in [0.25, 0.3) is 0 Å². The molecule has 0 saturated heterocycles. The monoisotopic (exact) mass is 295 g/mol. The highest BCUT2D eigenvalue weighted by atomic mass is 35.5. The molecule has 6 heteroatoms. The number of aromatic carboxylic acids is 1. The van der Waals surface area contributed by atoms with Crippen LogP contribution in [0.3, 0.4) is 0 Å². The normalized spacial score (nSPS) is 10.3. The summed E-state index contributed by atoms with van der Waals surface area (Å²) in [7, 11) is 0. The van der Waals surface area contributed by atoms with Crippen molar-refractivity contribution >= 4 is 23.3 Å². The molecule has 0 aliphatic heterocycles. The Labute approximate surface area is 121 Å². The first kappa shape index (κ1) is 14.3. The number of hydrogen-bond donors (Lipinski definition) is 2. The summed E-state index contributed by atoms with van der Waals surface area (Å²) in [6.45, 7) is 2.78. The van der Waals surface area contributed by atoms with E-state index in [0.717, 1.165) is 5.69 Å². The van der Waals surface area contributed by atoms with Crippen LogP contribution in [0.15, 0.2) is 34.7 Å². The summed E-state index contributed by atoms with van der Waals surface area (Å²) in [6, 6.07) is 8.29. The molecule has 2 rings (SSSR count). The van der Waals surface area contributed by atoms with Crippen LogP contribution in [0.5, 0.6) is 5.75 Å². The van der Waals surface area contributed by atoms with Crippen molar-refractivity contribution in [3.8, 4) is 5.75 Å². The van der Waals surface area contributed by atoms with E-state index in [1.54, 1.807) is 24.3 Å². The quantitative estimate of drug-likeness (QED) is 0.851. The first-order valence-corrected chi connectivity index (χ1v) is 6.46. The van der Waals surface area contributed by atoms with Crippen LogP contribution in [-0.2, 0) is 6.54 Å². The number of nitrogens with one attached hydrogen (secondary N) is 1. The van der Waals surface area contributed by atoms with E-state index in [2.05, 4.69) is 5.32 Å². The van der Waals surface area contributed by atoms with Gasteiger partial charge in [0.05, 0.1) is 18.8 Å². The Balaban J connectivity index is 2.09. The molecular formula is C14H14ClNO4. The Morgan fingerprint density at radius 1 is 1.40 bits per heavy atom. The predicted molar refractivity (Wildman–Crippen MR) is 75.6 cm³/mol. The van der Waals surface area contributed by atoms with Gasteiger partial charge in [-0.25, -0.2) is 4.79 Å². The average molecular weight is 296 g/mol. The number of carboxylic acid groups (broad SMARTS) is 1. The maximum absolute atomic E-state index is 10.7. The van der Waals surface area contributed by atoms with Crippen LogP contribution in [-0.4, -0.2) is 17.7 Å². The Kier molecular flexibility index (Phi) is 4.53. The highest BCUT2D eigenvalue weighted by Gasteiger charge is 2.10. The number of carbonyl (C=O) groups is 1. The average Bonchev–Trinajstić information content (AvgIpc) is 2.88. The minimum atomic E-state index is -1.09. The Morgan fingerprint density at radius 2 is 2.20 bits per heavy atom. The third-order valence-electron chi connectivity index (χ3n) is 2.57. The van der Waals surface area contributed by atoms with Gasteiger partial charge in [0.2, 0.25) is 5.76 Å². The van der Waals surface area contributed by atoms with Gasteiger partial charge < -0.3 is 19.6 Å². The number of halogens is 1. The number of rotatable bonds is 6. The second kappa shape index (κ2) is 6.34. The standard InChI is InChI=1S/C14H14ClNO4/c1-2-19-12-5-3-9(15)7-11(12)16-8-10-4-6-13(20-10)14(17)18/h3-7,16H,2,8H2,1H3,(H,17,18). The summed E-state index contributed by atoms with van der Waals surface area (Å²) >= 11 is 5.95. The highest BCUT2D eigenvalue weighted by Crippen LogP contribution is 2.28. The second-order valence-corrected chi connectivity index (χ2v) is 4.43. The van der Waals surface area contributed by atoms with Gasteiger partial charge in [0, 0.05) is 5.02 Å². The van der Waals surface area contributed by atoms with E-state index in [0.29, 0.717) is 29.7 Å². The molecule has 20 heavy (non-hydrogen) atoms. The van der Waals surface area contributed by atoms with E-state index in [1.165, 1.54) is 6.07 Å². The molecule has 106 valence electrons. The van der Waals surface area contributed by atoms with Crippen molar-refractivity contribution in [3.63, 3.8) is 0 Å². The summed E-state index contributed by atoms with van der Waals surface area (Å²) in [5.41, 5.74) is 0.729. The fraction of sp³-hybridized carbons (Fsp3) is 0.214. The maximum atomic E-state index is 10.7. The van der Waals surface area contributed by atoms with E-state index in [9.17, 15) is 4.79 Å². The number of furan rings is 1. The zero-order valence-corrected chi connectivity index (χ0v) is 11.6. The van der Waals surface area contributed by atoms with Crippen molar-refractivity contribution in [3.05, 3.63) is 46.9 Å². The van der Waals surface area contributed by atoms with Gasteiger partial charge in [-0.2, -0.15) is 0 Å². The van der Waals surface area contributed by atoms with Crippen LogP contribution in [0.4, 0.5) is 5.69 Å². The predicted octanol–water partition coefficient (Wildman–Crippen LogP) is 3.64. The van der Waals surface area contributed by atoms with Crippen LogP contribution in [0, 0.1) is 0 Å². The SMILES string of the molecule is CCOc1ccc(Cl)cc1NCc1ccc(C(=O)O)o1. The molecule has 0 aliphatic carbocycles. The highest BCUT2D eigenvalue weighted by molar-refractivity contribution is 6.30. The molecule has 1 aromatic carbocycles. The minimum absolute atomic E-state index is 0.0853. The van der Waals surface area contributed by atoms with Gasteiger partial charge in [-0.3, -0.25) is 0 Å². The van der Waals surface area contributed by atoms with Gasteiger partial charge in [-0.1, -0.05) is 11.6 Å². The lowest BCUT2D eigenvalue weighted by molar-refractivity contribution is 0.0660. The Morgan fingerprint density at radius 3 is 2.85 bits per heavy atom. The first-order valence-electron chi connectivity index (χ1n) is 6.08. The van der Waals surface area contributed by atoms with Crippen molar-refractivity contribution in [1.29, 1.82) is 0 Å². The van der Waals surface area contributed by atoms with Gasteiger partial charge in [0.25, 0.3) is 0 Å². The van der Waals surface area contributed by atoms with E-state index < -0.39 is 5.97 Å². The van der Waals surface area contributed by atoms with Gasteiger partial charge >= 0.3 is 5.97 Å². The Bertz CT molecular complexity index is 609. The zero-order valence-electron chi connectivity index (χ0n) is 10.9. The molecule has 0 aliphatic rings. The lowest BCUT2D eigenvalue weighted by atomic mass is 10.3. The van der Waals surface area contributed by atoms with Crippen molar-refractivity contribution in [2.45, 2.75) is 13.5 Å². The number of carboxylic acids is 1. The van der Waals surface area contributed by atoms with Crippen LogP contribution >= 0.6 is 11.6 Å². The third kappa shape index (κ3) is 3.45. The molecule has 5 nitrogen and oxygen atoms in total. The molecule has 2 aromatic rings. The molecule has 0 unspecified atom stereocenters. The molecule has 0 spiro atoms. The van der Waals surface area contributed by atoms with Crippen molar-refractivity contribution in [2.75, 3.05) is 11.9 Å². The smallest absolute Gasteiger partial charge is 0.371 e. The fourth-order valence-corrected chi connectivity index (χ4v) is 1.86. The summed E-state index contributed by atoms with van der Waals surface area (Å²) < 4.78 is 10.6. The largest absolute Gasteiger partial charge is 0.492 e. The van der Waals surface area contributed by atoms with Gasteiger partial charge in [0.15, 0.2) is 0 Å². The molecule has 1 heterocycles. The molecule has 0 fully saturated rings. The zero-order chi connectivity index (χ0) is 14.5. The molecule has 2 N–H and O–H groups in total. The lowest BCUT2D eigenvalue weighted by Crippen LogP contribution is -2.02. The number of anilines is 1. The van der Waals surface area contributed by atoms with E-state index in [1.807, 2.05) is 6.92 Å². The molecule has 1 aromatic heterocycles. The lowest BCUT2D eigenvalue weighted by Gasteiger charge is -2.11. The number of benzene rings is 1. The molecule has 0 radical (unpaired) electrons. The van der Waals surface area contributed by atoms with Crippen LogP contribution in [0.1, 0.15) is 23.2 Å². The van der Waals surface area contributed by atoms with E-state index >= 15 is 0 Å². The van der Waals surface area contributed by atoms with Gasteiger partial charge in [-0.05, 0) is 37.3 Å². The molecule has 0 bridgehead atoms. The maximum Gasteiger partial charge on any atom is 0.371 e. The number of ether oxygens (including phenoxy) is 1. The summed E-state index contributed by atoms with van der Waals surface area (Å²) in [4.78, 5) is 10.7.